The van der Waals surface area contributed by atoms with Crippen molar-refractivity contribution in [2.24, 2.45) is 0 Å². The highest BCUT2D eigenvalue weighted by atomic mass is 15.2. The Morgan fingerprint density at radius 2 is 2.29 bits per heavy atom. The fourth-order valence-electron chi connectivity index (χ4n) is 2.24. The number of fused-ring (bicyclic) bond motifs is 1. The van der Waals surface area contributed by atoms with Gasteiger partial charge in [0, 0.05) is 19.1 Å². The van der Waals surface area contributed by atoms with Crippen molar-refractivity contribution in [1.29, 1.82) is 0 Å². The third-order valence-electron chi connectivity index (χ3n) is 2.99. The van der Waals surface area contributed by atoms with Crippen molar-refractivity contribution in [3.8, 4) is 0 Å². The first-order chi connectivity index (χ1) is 6.74. The molecular weight excluding hydrogens is 172 g/mol. The van der Waals surface area contributed by atoms with Crippen LogP contribution in [0.3, 0.4) is 0 Å². The van der Waals surface area contributed by atoms with Gasteiger partial charge < -0.3 is 10.2 Å². The van der Waals surface area contributed by atoms with Crippen molar-refractivity contribution in [2.75, 3.05) is 23.3 Å². The van der Waals surface area contributed by atoms with Gasteiger partial charge in [-0.2, -0.15) is 0 Å². The zero-order valence-electron chi connectivity index (χ0n) is 9.17. The van der Waals surface area contributed by atoms with Crippen molar-refractivity contribution < 1.29 is 0 Å². The summed E-state index contributed by atoms with van der Waals surface area (Å²) >= 11 is 0. The minimum absolute atomic E-state index is 0.591. The molecule has 0 bridgehead atoms. The molecule has 1 unspecified atom stereocenters. The van der Waals surface area contributed by atoms with Crippen LogP contribution in [0.2, 0.25) is 0 Å². The lowest BCUT2D eigenvalue weighted by atomic mass is 10.1. The van der Waals surface area contributed by atoms with Gasteiger partial charge in [-0.05, 0) is 32.4 Å². The molecule has 0 radical (unpaired) electrons. The summed E-state index contributed by atoms with van der Waals surface area (Å²) in [7, 11) is 0. The topological polar surface area (TPSA) is 15.3 Å². The maximum Gasteiger partial charge on any atom is 0.0634 e. The monoisotopic (exact) mass is 190 g/mol. The number of nitrogens with zero attached hydrogens (tertiary/aromatic N) is 1. The summed E-state index contributed by atoms with van der Waals surface area (Å²) in [6.45, 7) is 8.80. The van der Waals surface area contributed by atoms with Crippen LogP contribution in [0.5, 0.6) is 0 Å². The van der Waals surface area contributed by atoms with E-state index in [9.17, 15) is 0 Å². The molecule has 0 saturated carbocycles. The number of benzene rings is 1. The SMILES string of the molecule is CCN1c2c(C)cccc2NCC1C. The van der Waals surface area contributed by atoms with Crippen molar-refractivity contribution in [1.82, 2.24) is 0 Å². The Balaban J connectivity index is 2.49. The molecule has 1 N–H and O–H groups in total. The number of hydrogen-bond donors (Lipinski definition) is 1. The first kappa shape index (κ1) is 9.38. The summed E-state index contributed by atoms with van der Waals surface area (Å²) in [6, 6.07) is 7.05. The predicted octanol–water partition coefficient (Wildman–Crippen LogP) is 2.64. The van der Waals surface area contributed by atoms with E-state index >= 15 is 0 Å². The highest BCUT2D eigenvalue weighted by Gasteiger charge is 2.22. The fourth-order valence-corrected chi connectivity index (χ4v) is 2.24. The van der Waals surface area contributed by atoms with E-state index in [1.807, 2.05) is 0 Å². The largest absolute Gasteiger partial charge is 0.381 e. The Labute approximate surface area is 85.9 Å². The van der Waals surface area contributed by atoms with Gasteiger partial charge in [-0.3, -0.25) is 0 Å². The van der Waals surface area contributed by atoms with Gasteiger partial charge in [-0.15, -0.1) is 0 Å². The number of anilines is 2. The molecule has 0 amide bonds. The predicted molar refractivity (Wildman–Crippen MR) is 62.2 cm³/mol. The Kier molecular flexibility index (Phi) is 2.36. The van der Waals surface area contributed by atoms with E-state index < -0.39 is 0 Å². The van der Waals surface area contributed by atoms with Gasteiger partial charge in [0.25, 0.3) is 0 Å². The smallest absolute Gasteiger partial charge is 0.0634 e. The van der Waals surface area contributed by atoms with E-state index in [0.29, 0.717) is 6.04 Å². The van der Waals surface area contributed by atoms with Crippen molar-refractivity contribution >= 4 is 11.4 Å². The van der Waals surface area contributed by atoms with E-state index in [1.165, 1.54) is 16.9 Å². The molecule has 0 fully saturated rings. The minimum Gasteiger partial charge on any atom is -0.381 e. The fraction of sp³-hybridized carbons (Fsp3) is 0.500. The highest BCUT2D eigenvalue weighted by Crippen LogP contribution is 2.33. The highest BCUT2D eigenvalue weighted by molar-refractivity contribution is 5.75. The summed E-state index contributed by atoms with van der Waals surface area (Å²) in [5.41, 5.74) is 4.03. The standard InChI is InChI=1S/C12H18N2/c1-4-14-10(3)8-13-11-7-5-6-9(2)12(11)14/h5-7,10,13H,4,8H2,1-3H3. The Morgan fingerprint density at radius 3 is 3.00 bits per heavy atom. The first-order valence-corrected chi connectivity index (χ1v) is 5.34. The lowest BCUT2D eigenvalue weighted by Gasteiger charge is -2.38. The number of aryl methyl sites for hydroxylation is 1. The molecule has 2 nitrogen and oxygen atoms in total. The van der Waals surface area contributed by atoms with E-state index in [1.54, 1.807) is 0 Å². The molecule has 1 aromatic rings. The Hall–Kier alpha value is -1.18. The quantitative estimate of drug-likeness (QED) is 0.732. The third-order valence-corrected chi connectivity index (χ3v) is 2.99. The number of rotatable bonds is 1. The summed E-state index contributed by atoms with van der Waals surface area (Å²) < 4.78 is 0. The zero-order chi connectivity index (χ0) is 10.1. The van der Waals surface area contributed by atoms with Gasteiger partial charge in [0.2, 0.25) is 0 Å². The molecule has 0 spiro atoms. The lowest BCUT2D eigenvalue weighted by Crippen LogP contribution is -2.42. The normalized spacial score (nSPS) is 20.2. The molecule has 0 aliphatic carbocycles. The molecule has 14 heavy (non-hydrogen) atoms. The van der Waals surface area contributed by atoms with Crippen molar-refractivity contribution in [3.05, 3.63) is 23.8 Å². The maximum absolute atomic E-state index is 3.48. The van der Waals surface area contributed by atoms with Crippen LogP contribution < -0.4 is 10.2 Å². The van der Waals surface area contributed by atoms with Gasteiger partial charge in [0.05, 0.1) is 11.4 Å². The molecule has 76 valence electrons. The first-order valence-electron chi connectivity index (χ1n) is 5.34. The molecule has 1 heterocycles. The number of para-hydroxylation sites is 1. The molecule has 1 aromatic carbocycles. The van der Waals surface area contributed by atoms with Gasteiger partial charge in [-0.25, -0.2) is 0 Å². The van der Waals surface area contributed by atoms with Gasteiger partial charge >= 0.3 is 0 Å². The molecule has 2 heteroatoms. The minimum atomic E-state index is 0.591. The van der Waals surface area contributed by atoms with Crippen LogP contribution >= 0.6 is 0 Å². The third kappa shape index (κ3) is 1.35. The van der Waals surface area contributed by atoms with Crippen LogP contribution in [0.4, 0.5) is 11.4 Å². The van der Waals surface area contributed by atoms with Crippen LogP contribution in [-0.4, -0.2) is 19.1 Å². The van der Waals surface area contributed by atoms with E-state index in [-0.39, 0.29) is 0 Å². The van der Waals surface area contributed by atoms with Crippen LogP contribution in [0, 0.1) is 6.92 Å². The summed E-state index contributed by atoms with van der Waals surface area (Å²) in [5, 5.41) is 3.48. The second-order valence-corrected chi connectivity index (χ2v) is 3.99. The Morgan fingerprint density at radius 1 is 1.50 bits per heavy atom. The summed E-state index contributed by atoms with van der Waals surface area (Å²) in [5.74, 6) is 0. The van der Waals surface area contributed by atoms with Crippen molar-refractivity contribution in [3.63, 3.8) is 0 Å². The molecule has 0 aromatic heterocycles. The van der Waals surface area contributed by atoms with Crippen LogP contribution in [0.1, 0.15) is 19.4 Å². The average molecular weight is 190 g/mol. The molecule has 1 aliphatic heterocycles. The van der Waals surface area contributed by atoms with E-state index in [2.05, 4.69) is 49.2 Å². The summed E-state index contributed by atoms with van der Waals surface area (Å²) in [6.07, 6.45) is 0. The van der Waals surface area contributed by atoms with Crippen LogP contribution in [-0.2, 0) is 0 Å². The molecule has 0 saturated heterocycles. The molecule has 1 atom stereocenters. The van der Waals surface area contributed by atoms with E-state index in [0.717, 1.165) is 13.1 Å². The second-order valence-electron chi connectivity index (χ2n) is 3.99. The van der Waals surface area contributed by atoms with Gasteiger partial charge in [0.1, 0.15) is 0 Å². The molecule has 2 rings (SSSR count). The van der Waals surface area contributed by atoms with E-state index in [4.69, 9.17) is 0 Å². The molecule has 1 aliphatic rings. The number of likely N-dealkylation sites (N-methyl/N-ethyl adjacent to an activating group) is 1. The Bertz CT molecular complexity index is 333. The lowest BCUT2D eigenvalue weighted by molar-refractivity contribution is 0.657. The molecular formula is C12H18N2. The maximum atomic E-state index is 3.48. The number of nitrogens with one attached hydrogen (secondary N) is 1. The van der Waals surface area contributed by atoms with Gasteiger partial charge in [-0.1, -0.05) is 12.1 Å². The van der Waals surface area contributed by atoms with Crippen LogP contribution in [0.15, 0.2) is 18.2 Å². The number of hydrogen-bond acceptors (Lipinski definition) is 2. The zero-order valence-corrected chi connectivity index (χ0v) is 9.17. The van der Waals surface area contributed by atoms with Gasteiger partial charge in [0.15, 0.2) is 0 Å². The van der Waals surface area contributed by atoms with Crippen LogP contribution in [0.25, 0.3) is 0 Å². The summed E-state index contributed by atoms with van der Waals surface area (Å²) in [4.78, 5) is 2.47. The average Bonchev–Trinajstić information content (AvgIpc) is 2.19. The second kappa shape index (κ2) is 3.52. The van der Waals surface area contributed by atoms with Crippen molar-refractivity contribution in [2.45, 2.75) is 26.8 Å².